The second kappa shape index (κ2) is 9.99. The SMILES string of the molecule is CN=C(NCc1ccc(Cl)cc1)NCc1cccc(NC(=O)N2CCCC2)c1. The summed E-state index contributed by atoms with van der Waals surface area (Å²) in [7, 11) is 1.74. The molecule has 0 aliphatic carbocycles. The molecule has 0 atom stereocenters. The van der Waals surface area contributed by atoms with Crippen molar-refractivity contribution in [2.75, 3.05) is 25.5 Å². The largest absolute Gasteiger partial charge is 0.352 e. The van der Waals surface area contributed by atoms with Crippen LogP contribution in [0.2, 0.25) is 5.02 Å². The van der Waals surface area contributed by atoms with Crippen LogP contribution in [-0.4, -0.2) is 37.0 Å². The Hall–Kier alpha value is -2.73. The van der Waals surface area contributed by atoms with Crippen molar-refractivity contribution in [2.45, 2.75) is 25.9 Å². The number of carbonyl (C=O) groups is 1. The second-order valence-corrected chi connectivity index (χ2v) is 7.17. The lowest BCUT2D eigenvalue weighted by molar-refractivity contribution is 0.222. The van der Waals surface area contributed by atoms with E-state index in [1.807, 2.05) is 53.4 Å². The molecule has 1 aliphatic rings. The molecule has 2 aromatic carbocycles. The van der Waals surface area contributed by atoms with E-state index in [1.54, 1.807) is 7.05 Å². The molecule has 1 fully saturated rings. The number of amides is 2. The minimum Gasteiger partial charge on any atom is -0.352 e. The second-order valence-electron chi connectivity index (χ2n) is 6.73. The van der Waals surface area contributed by atoms with E-state index in [0.717, 1.165) is 47.8 Å². The number of likely N-dealkylation sites (tertiary alicyclic amines) is 1. The van der Waals surface area contributed by atoms with E-state index in [2.05, 4.69) is 20.9 Å². The number of hydrogen-bond donors (Lipinski definition) is 3. The summed E-state index contributed by atoms with van der Waals surface area (Å²) in [5, 5.41) is 10.3. The Morgan fingerprint density at radius 1 is 1.04 bits per heavy atom. The molecule has 148 valence electrons. The van der Waals surface area contributed by atoms with Gasteiger partial charge in [0.15, 0.2) is 5.96 Å². The number of benzene rings is 2. The highest BCUT2D eigenvalue weighted by Gasteiger charge is 2.17. The predicted octanol–water partition coefficient (Wildman–Crippen LogP) is 3.83. The van der Waals surface area contributed by atoms with E-state index in [1.165, 1.54) is 0 Å². The van der Waals surface area contributed by atoms with E-state index in [9.17, 15) is 4.79 Å². The zero-order chi connectivity index (χ0) is 19.8. The number of anilines is 1. The number of urea groups is 1. The van der Waals surface area contributed by atoms with Gasteiger partial charge in [0, 0.05) is 43.9 Å². The molecule has 6 nitrogen and oxygen atoms in total. The summed E-state index contributed by atoms with van der Waals surface area (Å²) in [6, 6.07) is 15.5. The monoisotopic (exact) mass is 399 g/mol. The lowest BCUT2D eigenvalue weighted by Crippen LogP contribution is -2.36. The Kier molecular flexibility index (Phi) is 7.14. The molecule has 2 amide bonds. The van der Waals surface area contributed by atoms with Crippen LogP contribution in [0.5, 0.6) is 0 Å². The Balaban J connectivity index is 1.49. The number of aliphatic imine (C=N–C) groups is 1. The third-order valence-electron chi connectivity index (χ3n) is 4.63. The Bertz CT molecular complexity index is 816. The van der Waals surface area contributed by atoms with Gasteiger partial charge < -0.3 is 20.9 Å². The van der Waals surface area contributed by atoms with E-state index in [0.29, 0.717) is 19.0 Å². The number of halogens is 1. The number of carbonyl (C=O) groups excluding carboxylic acids is 1. The van der Waals surface area contributed by atoms with Crippen LogP contribution in [0.3, 0.4) is 0 Å². The lowest BCUT2D eigenvalue weighted by atomic mass is 10.2. The van der Waals surface area contributed by atoms with Crippen LogP contribution >= 0.6 is 11.6 Å². The van der Waals surface area contributed by atoms with Gasteiger partial charge in [0.1, 0.15) is 0 Å². The zero-order valence-corrected chi connectivity index (χ0v) is 16.8. The molecule has 0 unspecified atom stereocenters. The van der Waals surface area contributed by atoms with Crippen LogP contribution < -0.4 is 16.0 Å². The van der Waals surface area contributed by atoms with Crippen LogP contribution in [0.25, 0.3) is 0 Å². The first-order valence-electron chi connectivity index (χ1n) is 9.48. The molecular formula is C21H26ClN5O. The summed E-state index contributed by atoms with van der Waals surface area (Å²) < 4.78 is 0. The summed E-state index contributed by atoms with van der Waals surface area (Å²) in [5.74, 6) is 0.710. The predicted molar refractivity (Wildman–Crippen MR) is 115 cm³/mol. The van der Waals surface area contributed by atoms with Crippen LogP contribution in [0.15, 0.2) is 53.5 Å². The number of hydrogen-bond acceptors (Lipinski definition) is 2. The molecule has 2 aromatic rings. The highest BCUT2D eigenvalue weighted by molar-refractivity contribution is 6.30. The van der Waals surface area contributed by atoms with Crippen LogP contribution in [0.1, 0.15) is 24.0 Å². The van der Waals surface area contributed by atoms with Crippen molar-refractivity contribution in [2.24, 2.45) is 4.99 Å². The maximum Gasteiger partial charge on any atom is 0.321 e. The Labute approximate surface area is 171 Å². The van der Waals surface area contributed by atoms with Gasteiger partial charge >= 0.3 is 6.03 Å². The van der Waals surface area contributed by atoms with Crippen molar-refractivity contribution in [3.8, 4) is 0 Å². The third-order valence-corrected chi connectivity index (χ3v) is 4.88. The first-order chi connectivity index (χ1) is 13.6. The molecule has 28 heavy (non-hydrogen) atoms. The van der Waals surface area contributed by atoms with Gasteiger partial charge in [-0.2, -0.15) is 0 Å². The quantitative estimate of drug-likeness (QED) is 0.528. The summed E-state index contributed by atoms with van der Waals surface area (Å²) in [5.41, 5.74) is 2.99. The van der Waals surface area contributed by atoms with Crippen molar-refractivity contribution < 1.29 is 4.79 Å². The minimum absolute atomic E-state index is 0.0250. The summed E-state index contributed by atoms with van der Waals surface area (Å²) in [6.07, 6.45) is 2.17. The number of rotatable bonds is 5. The molecule has 0 radical (unpaired) electrons. The molecule has 1 saturated heterocycles. The number of guanidine groups is 1. The molecule has 3 rings (SSSR count). The standard InChI is InChI=1S/C21H26ClN5O/c1-23-20(24-14-16-7-9-18(22)10-8-16)25-15-17-5-4-6-19(13-17)26-21(28)27-11-2-3-12-27/h4-10,13H,2-3,11-12,14-15H2,1H3,(H,26,28)(H2,23,24,25). The normalized spacial score (nSPS) is 14.1. The molecule has 0 aromatic heterocycles. The average molecular weight is 400 g/mol. The van der Waals surface area contributed by atoms with E-state index >= 15 is 0 Å². The van der Waals surface area contributed by atoms with Crippen LogP contribution in [0.4, 0.5) is 10.5 Å². The fourth-order valence-corrected chi connectivity index (χ4v) is 3.20. The van der Waals surface area contributed by atoms with Gasteiger partial charge in [-0.25, -0.2) is 4.79 Å². The van der Waals surface area contributed by atoms with Crippen LogP contribution in [-0.2, 0) is 13.1 Å². The van der Waals surface area contributed by atoms with Gasteiger partial charge in [-0.05, 0) is 48.2 Å². The fourth-order valence-electron chi connectivity index (χ4n) is 3.08. The highest BCUT2D eigenvalue weighted by atomic mass is 35.5. The minimum atomic E-state index is -0.0250. The molecular weight excluding hydrogens is 374 g/mol. The summed E-state index contributed by atoms with van der Waals surface area (Å²) in [6.45, 7) is 2.93. The number of nitrogens with one attached hydrogen (secondary N) is 3. The smallest absolute Gasteiger partial charge is 0.321 e. The zero-order valence-electron chi connectivity index (χ0n) is 16.0. The number of nitrogens with zero attached hydrogens (tertiary/aromatic N) is 2. The Morgan fingerprint density at radius 3 is 2.39 bits per heavy atom. The molecule has 1 aliphatic heterocycles. The van der Waals surface area contributed by atoms with Gasteiger partial charge in [0.05, 0.1) is 0 Å². The van der Waals surface area contributed by atoms with Gasteiger partial charge in [-0.15, -0.1) is 0 Å². The summed E-state index contributed by atoms with van der Waals surface area (Å²) in [4.78, 5) is 18.3. The maximum atomic E-state index is 12.2. The molecule has 0 spiro atoms. The van der Waals surface area contributed by atoms with Crippen molar-refractivity contribution in [3.05, 3.63) is 64.7 Å². The van der Waals surface area contributed by atoms with Gasteiger partial charge in [-0.3, -0.25) is 4.99 Å². The Morgan fingerprint density at radius 2 is 1.71 bits per heavy atom. The fraction of sp³-hybridized carbons (Fsp3) is 0.333. The van der Waals surface area contributed by atoms with Crippen molar-refractivity contribution >= 4 is 29.3 Å². The third kappa shape index (κ3) is 5.89. The molecule has 1 heterocycles. The van der Waals surface area contributed by atoms with Crippen molar-refractivity contribution in [1.82, 2.24) is 15.5 Å². The lowest BCUT2D eigenvalue weighted by Gasteiger charge is -2.17. The van der Waals surface area contributed by atoms with Crippen LogP contribution in [0, 0.1) is 0 Å². The highest BCUT2D eigenvalue weighted by Crippen LogP contribution is 2.14. The van der Waals surface area contributed by atoms with E-state index in [4.69, 9.17) is 11.6 Å². The molecule has 3 N–H and O–H groups in total. The summed E-state index contributed by atoms with van der Waals surface area (Å²) >= 11 is 5.91. The van der Waals surface area contributed by atoms with Gasteiger partial charge in [0.25, 0.3) is 0 Å². The molecule has 7 heteroatoms. The van der Waals surface area contributed by atoms with Gasteiger partial charge in [0.2, 0.25) is 0 Å². The van der Waals surface area contributed by atoms with Gasteiger partial charge in [-0.1, -0.05) is 35.9 Å². The first-order valence-corrected chi connectivity index (χ1v) is 9.85. The average Bonchev–Trinajstić information content (AvgIpc) is 3.25. The van der Waals surface area contributed by atoms with Crippen molar-refractivity contribution in [3.63, 3.8) is 0 Å². The molecule has 0 saturated carbocycles. The molecule has 0 bridgehead atoms. The first kappa shape index (κ1) is 20.0. The topological polar surface area (TPSA) is 68.8 Å². The maximum absolute atomic E-state index is 12.2. The van der Waals surface area contributed by atoms with E-state index < -0.39 is 0 Å². The van der Waals surface area contributed by atoms with E-state index in [-0.39, 0.29) is 6.03 Å². The van der Waals surface area contributed by atoms with Crippen molar-refractivity contribution in [1.29, 1.82) is 0 Å².